The van der Waals surface area contributed by atoms with Gasteiger partial charge < -0.3 is 15.6 Å². The molecular formula is C14H16Cl2N4. The van der Waals surface area contributed by atoms with E-state index in [4.69, 9.17) is 23.2 Å². The van der Waals surface area contributed by atoms with Crippen molar-refractivity contribution in [3.8, 4) is 0 Å². The molecular weight excluding hydrogens is 295 g/mol. The first kappa shape index (κ1) is 13.6. The highest BCUT2D eigenvalue weighted by Gasteiger charge is 2.12. The Morgan fingerprint density at radius 2 is 2.25 bits per heavy atom. The fraction of sp³-hybridized carbons (Fsp3) is 0.357. The summed E-state index contributed by atoms with van der Waals surface area (Å²) in [6.45, 7) is 3.76. The number of nitrogens with one attached hydrogen (secondary N) is 3. The van der Waals surface area contributed by atoms with E-state index >= 15 is 0 Å². The SMILES string of the molecule is CC1CN=C(NCCc2c[nH]c3cc(Cl)cc(Cl)c23)N1. The molecule has 4 nitrogen and oxygen atoms in total. The molecule has 0 fully saturated rings. The number of H-pyrrole nitrogens is 1. The molecule has 0 aliphatic carbocycles. The molecule has 6 heteroatoms. The number of benzene rings is 1. The molecule has 1 aromatic heterocycles. The first-order chi connectivity index (χ1) is 9.63. The van der Waals surface area contributed by atoms with Crippen molar-refractivity contribution in [1.82, 2.24) is 15.6 Å². The van der Waals surface area contributed by atoms with Gasteiger partial charge in [0.15, 0.2) is 5.96 Å². The molecule has 2 heterocycles. The average Bonchev–Trinajstić information content (AvgIpc) is 2.96. The Balaban J connectivity index is 1.69. The highest BCUT2D eigenvalue weighted by molar-refractivity contribution is 6.38. The van der Waals surface area contributed by atoms with Crippen molar-refractivity contribution in [3.63, 3.8) is 0 Å². The number of halogens is 2. The van der Waals surface area contributed by atoms with Gasteiger partial charge in [-0.3, -0.25) is 4.99 Å². The second kappa shape index (κ2) is 5.54. The summed E-state index contributed by atoms with van der Waals surface area (Å²) in [5.74, 6) is 0.881. The van der Waals surface area contributed by atoms with Crippen LogP contribution in [-0.2, 0) is 6.42 Å². The van der Waals surface area contributed by atoms with E-state index in [0.717, 1.165) is 36.4 Å². The fourth-order valence-corrected chi connectivity index (χ4v) is 3.04. The molecule has 0 amide bonds. The number of hydrogen-bond donors (Lipinski definition) is 3. The van der Waals surface area contributed by atoms with E-state index in [1.54, 1.807) is 6.07 Å². The lowest BCUT2D eigenvalue weighted by atomic mass is 10.1. The van der Waals surface area contributed by atoms with Gasteiger partial charge in [-0.25, -0.2) is 0 Å². The fourth-order valence-electron chi connectivity index (χ4n) is 2.42. The maximum absolute atomic E-state index is 6.27. The van der Waals surface area contributed by atoms with Crippen LogP contribution in [0.4, 0.5) is 0 Å². The lowest BCUT2D eigenvalue weighted by Gasteiger charge is -2.08. The number of aromatic nitrogens is 1. The van der Waals surface area contributed by atoms with Gasteiger partial charge in [-0.05, 0) is 31.0 Å². The zero-order chi connectivity index (χ0) is 14.1. The number of nitrogens with zero attached hydrogens (tertiary/aromatic N) is 1. The maximum atomic E-state index is 6.27. The quantitative estimate of drug-likeness (QED) is 0.816. The van der Waals surface area contributed by atoms with Gasteiger partial charge in [-0.2, -0.15) is 0 Å². The molecule has 1 unspecified atom stereocenters. The van der Waals surface area contributed by atoms with Crippen molar-refractivity contribution >= 4 is 40.1 Å². The van der Waals surface area contributed by atoms with Crippen LogP contribution in [0.2, 0.25) is 10.0 Å². The Kier molecular flexibility index (Phi) is 3.76. The highest BCUT2D eigenvalue weighted by atomic mass is 35.5. The van der Waals surface area contributed by atoms with Crippen molar-refractivity contribution in [2.24, 2.45) is 4.99 Å². The molecule has 0 radical (unpaired) electrons. The largest absolute Gasteiger partial charge is 0.361 e. The minimum Gasteiger partial charge on any atom is -0.361 e. The van der Waals surface area contributed by atoms with E-state index in [0.29, 0.717) is 16.1 Å². The predicted molar refractivity (Wildman–Crippen MR) is 84.9 cm³/mol. The maximum Gasteiger partial charge on any atom is 0.191 e. The normalized spacial score (nSPS) is 18.1. The molecule has 3 rings (SSSR count). The van der Waals surface area contributed by atoms with Crippen LogP contribution < -0.4 is 10.6 Å². The van der Waals surface area contributed by atoms with Crippen LogP contribution in [0.3, 0.4) is 0 Å². The first-order valence-electron chi connectivity index (χ1n) is 6.63. The molecule has 106 valence electrons. The zero-order valence-electron chi connectivity index (χ0n) is 11.1. The van der Waals surface area contributed by atoms with Crippen LogP contribution in [0.5, 0.6) is 0 Å². The Morgan fingerprint density at radius 1 is 1.40 bits per heavy atom. The Bertz CT molecular complexity index is 662. The highest BCUT2D eigenvalue weighted by Crippen LogP contribution is 2.30. The zero-order valence-corrected chi connectivity index (χ0v) is 12.6. The molecule has 20 heavy (non-hydrogen) atoms. The summed E-state index contributed by atoms with van der Waals surface area (Å²) >= 11 is 12.3. The van der Waals surface area contributed by atoms with Gasteiger partial charge in [0, 0.05) is 34.7 Å². The van der Waals surface area contributed by atoms with E-state index in [1.165, 1.54) is 5.56 Å². The van der Waals surface area contributed by atoms with Crippen LogP contribution in [0.1, 0.15) is 12.5 Å². The molecule has 0 spiro atoms. The van der Waals surface area contributed by atoms with Crippen LogP contribution in [0, 0.1) is 0 Å². The monoisotopic (exact) mass is 310 g/mol. The summed E-state index contributed by atoms with van der Waals surface area (Å²) in [7, 11) is 0. The lowest BCUT2D eigenvalue weighted by molar-refractivity contribution is 0.712. The summed E-state index contributed by atoms with van der Waals surface area (Å²) in [5, 5.41) is 8.96. The molecule has 1 atom stereocenters. The standard InChI is InChI=1S/C14H16Cl2N4/c1-8-6-19-14(20-8)17-3-2-9-7-18-12-5-10(15)4-11(16)13(9)12/h4-5,7-8,18H,2-3,6H2,1H3,(H2,17,19,20). The lowest BCUT2D eigenvalue weighted by Crippen LogP contribution is -2.38. The molecule has 0 saturated carbocycles. The predicted octanol–water partition coefficient (Wildman–Crippen LogP) is 2.95. The van der Waals surface area contributed by atoms with Crippen molar-refractivity contribution < 1.29 is 0 Å². The van der Waals surface area contributed by atoms with Crippen molar-refractivity contribution in [2.75, 3.05) is 13.1 Å². The second-order valence-corrected chi connectivity index (χ2v) is 5.88. The summed E-state index contributed by atoms with van der Waals surface area (Å²) in [6, 6.07) is 4.09. The Labute approximate surface area is 127 Å². The second-order valence-electron chi connectivity index (χ2n) is 5.04. The summed E-state index contributed by atoms with van der Waals surface area (Å²) < 4.78 is 0. The van der Waals surface area contributed by atoms with E-state index in [2.05, 4.69) is 27.5 Å². The number of aromatic amines is 1. The molecule has 1 aliphatic rings. The Hall–Kier alpha value is -1.39. The minimum absolute atomic E-state index is 0.419. The summed E-state index contributed by atoms with van der Waals surface area (Å²) in [6.07, 6.45) is 2.86. The van der Waals surface area contributed by atoms with Gasteiger partial charge >= 0.3 is 0 Å². The Morgan fingerprint density at radius 3 is 3.00 bits per heavy atom. The molecule has 1 aliphatic heterocycles. The average molecular weight is 311 g/mol. The number of hydrogen-bond acceptors (Lipinski definition) is 3. The van der Waals surface area contributed by atoms with Gasteiger partial charge in [0.25, 0.3) is 0 Å². The summed E-state index contributed by atoms with van der Waals surface area (Å²) in [5.41, 5.74) is 2.16. The molecule has 2 aromatic rings. The third-order valence-corrected chi connectivity index (χ3v) is 3.89. The smallest absolute Gasteiger partial charge is 0.191 e. The van der Waals surface area contributed by atoms with Crippen LogP contribution >= 0.6 is 23.2 Å². The van der Waals surface area contributed by atoms with Crippen molar-refractivity contribution in [1.29, 1.82) is 0 Å². The van der Waals surface area contributed by atoms with Gasteiger partial charge in [-0.15, -0.1) is 0 Å². The molecule has 1 aromatic carbocycles. The molecule has 0 saturated heterocycles. The number of guanidine groups is 1. The molecule has 0 bridgehead atoms. The number of rotatable bonds is 3. The molecule has 3 N–H and O–H groups in total. The van der Waals surface area contributed by atoms with Crippen molar-refractivity contribution in [2.45, 2.75) is 19.4 Å². The van der Waals surface area contributed by atoms with Gasteiger partial charge in [0.05, 0.1) is 11.6 Å². The third kappa shape index (κ3) is 2.72. The third-order valence-electron chi connectivity index (χ3n) is 3.37. The van der Waals surface area contributed by atoms with Gasteiger partial charge in [0.1, 0.15) is 0 Å². The van der Waals surface area contributed by atoms with Crippen LogP contribution in [-0.4, -0.2) is 30.1 Å². The van der Waals surface area contributed by atoms with Gasteiger partial charge in [0.2, 0.25) is 0 Å². The van der Waals surface area contributed by atoms with E-state index in [-0.39, 0.29) is 0 Å². The van der Waals surface area contributed by atoms with Crippen molar-refractivity contribution in [3.05, 3.63) is 33.9 Å². The van der Waals surface area contributed by atoms with Crippen LogP contribution in [0.15, 0.2) is 23.3 Å². The minimum atomic E-state index is 0.419. The number of aliphatic imine (C=N–C) groups is 1. The number of fused-ring (bicyclic) bond motifs is 1. The topological polar surface area (TPSA) is 52.2 Å². The summed E-state index contributed by atoms with van der Waals surface area (Å²) in [4.78, 5) is 7.58. The van der Waals surface area contributed by atoms with E-state index in [1.807, 2.05) is 12.3 Å². The van der Waals surface area contributed by atoms with E-state index < -0.39 is 0 Å². The van der Waals surface area contributed by atoms with Gasteiger partial charge in [-0.1, -0.05) is 23.2 Å². The van der Waals surface area contributed by atoms with E-state index in [9.17, 15) is 0 Å². The van der Waals surface area contributed by atoms with Crippen LogP contribution in [0.25, 0.3) is 10.9 Å². The first-order valence-corrected chi connectivity index (χ1v) is 7.39.